The van der Waals surface area contributed by atoms with Gasteiger partial charge in [-0.25, -0.2) is 10.2 Å². The molecule has 0 fully saturated rings. The molecule has 13 heteroatoms. The molecular formula is C5H6ClF4N5O3. The molecule has 1 atom stereocenters. The summed E-state index contributed by atoms with van der Waals surface area (Å²) in [6.07, 6.45) is -5.41. The van der Waals surface area contributed by atoms with Crippen molar-refractivity contribution in [2.24, 2.45) is 11.0 Å². The van der Waals surface area contributed by atoms with Crippen LogP contribution in [0.5, 0.6) is 0 Å². The normalized spacial score (nSPS) is 12.6. The number of nitroso groups, excluding NO2 is 1. The number of nitrogens with two attached hydrogens (primary N) is 1. The molecule has 104 valence electrons. The van der Waals surface area contributed by atoms with Gasteiger partial charge in [0.05, 0.1) is 11.8 Å². The molecule has 3 amide bonds. The van der Waals surface area contributed by atoms with Gasteiger partial charge in [0.2, 0.25) is 0 Å². The molecule has 8 nitrogen and oxygen atoms in total. The molecule has 3 N–H and O–H groups in total. The maximum atomic E-state index is 12.8. The number of hydrazine groups is 1. The fourth-order valence-electron chi connectivity index (χ4n) is 0.613. The van der Waals surface area contributed by atoms with Gasteiger partial charge in [-0.3, -0.25) is 4.79 Å². The fraction of sp³-hybridized carbons (Fsp3) is 0.600. The van der Waals surface area contributed by atoms with E-state index >= 15 is 0 Å². The van der Waals surface area contributed by atoms with Crippen LogP contribution in [0, 0.1) is 4.91 Å². The number of hydrogen-bond donors (Lipinski definition) is 2. The van der Waals surface area contributed by atoms with Crippen LogP contribution in [0.25, 0.3) is 0 Å². The molecule has 0 saturated heterocycles. The van der Waals surface area contributed by atoms with Crippen LogP contribution in [-0.2, 0) is 4.79 Å². The number of carbonyl (C=O) groups excluding carboxylic acids is 2. The molecule has 0 rings (SSSR count). The number of alkyl halides is 4. The Hall–Kier alpha value is -1.69. The summed E-state index contributed by atoms with van der Waals surface area (Å²) in [6, 6.07) is -1.99. The third-order valence-corrected chi connectivity index (χ3v) is 1.43. The number of urea groups is 1. The van der Waals surface area contributed by atoms with Crippen molar-refractivity contribution < 1.29 is 27.2 Å². The van der Waals surface area contributed by atoms with Crippen LogP contribution in [0.3, 0.4) is 0 Å². The molecule has 1 unspecified atom stereocenters. The van der Waals surface area contributed by atoms with Crippen molar-refractivity contribution in [1.82, 2.24) is 15.7 Å². The fourth-order valence-corrected chi connectivity index (χ4v) is 0.744. The van der Waals surface area contributed by atoms with Crippen LogP contribution < -0.4 is 11.2 Å². The zero-order valence-corrected chi connectivity index (χ0v) is 9.07. The van der Waals surface area contributed by atoms with Crippen LogP contribution in [0.4, 0.5) is 22.4 Å². The summed E-state index contributed by atoms with van der Waals surface area (Å²) in [7, 11) is 0. The summed E-state index contributed by atoms with van der Waals surface area (Å²) in [5.74, 6) is -2.75. The number of nitrogens with zero attached hydrogens (tertiary/aromatic N) is 3. The molecule has 0 aliphatic rings. The smallest absolute Gasteiger partial charge is 0.314 e. The van der Waals surface area contributed by atoms with Crippen molar-refractivity contribution in [3.8, 4) is 0 Å². The van der Waals surface area contributed by atoms with Gasteiger partial charge in [-0.15, -0.1) is 16.5 Å². The van der Waals surface area contributed by atoms with Crippen molar-refractivity contribution in [3.05, 3.63) is 4.91 Å². The second-order valence-corrected chi connectivity index (χ2v) is 3.24. The van der Waals surface area contributed by atoms with E-state index in [9.17, 15) is 32.1 Å². The van der Waals surface area contributed by atoms with Crippen LogP contribution in [0.2, 0.25) is 0 Å². The Balaban J connectivity index is 4.58. The van der Waals surface area contributed by atoms with Gasteiger partial charge in [-0.1, -0.05) is 9.71 Å². The summed E-state index contributed by atoms with van der Waals surface area (Å²) in [4.78, 5) is 31.3. The molecule has 18 heavy (non-hydrogen) atoms. The Bertz CT molecular complexity index is 338. The Morgan fingerprint density at radius 3 is 2.28 bits per heavy atom. The first-order valence-electron chi connectivity index (χ1n) is 3.97. The number of carbonyl (C=O) groups is 2. The Morgan fingerprint density at radius 2 is 1.94 bits per heavy atom. The van der Waals surface area contributed by atoms with Gasteiger partial charge in [-0.05, 0) is 0 Å². The van der Waals surface area contributed by atoms with Gasteiger partial charge in [0, 0.05) is 0 Å². The second kappa shape index (κ2) is 6.30. The average molecular weight is 296 g/mol. The maximum Gasteiger partial charge on any atom is 0.473 e. The highest BCUT2D eigenvalue weighted by atomic mass is 35.5. The summed E-state index contributed by atoms with van der Waals surface area (Å²) in [5, 5.41) is 0.395. The molecule has 0 aliphatic heterocycles. The molecule has 0 saturated carbocycles. The molecule has 0 spiro atoms. The summed E-state index contributed by atoms with van der Waals surface area (Å²) in [5.41, 5.74) is 4.17. The quantitative estimate of drug-likeness (QED) is 0.196. The molecule has 0 aromatic heterocycles. The predicted molar refractivity (Wildman–Crippen MR) is 48.9 cm³/mol. The van der Waals surface area contributed by atoms with E-state index in [2.05, 4.69) is 0 Å². The van der Waals surface area contributed by atoms with Gasteiger partial charge < -0.3 is 5.73 Å². The molecular weight excluding hydrogens is 290 g/mol. The molecule has 0 heterocycles. The summed E-state index contributed by atoms with van der Waals surface area (Å²) in [6.45, 7) is -0.772. The number of rotatable bonds is 3. The SMILES string of the molecule is NC(Cl)CN(N=O)C(=O)N(F)NC(=O)C(F)(F)F. The highest BCUT2D eigenvalue weighted by Crippen LogP contribution is 2.14. The molecule has 0 aromatic carbocycles. The van der Waals surface area contributed by atoms with Crippen LogP contribution in [0.15, 0.2) is 5.29 Å². The van der Waals surface area contributed by atoms with Crippen LogP contribution in [0.1, 0.15) is 0 Å². The maximum absolute atomic E-state index is 12.8. The second-order valence-electron chi connectivity index (χ2n) is 2.68. The standard InChI is InChI=1S/C5H6ClF4N5O3/c6-2(11)1-14(13-18)4(17)15(10)12-3(16)5(7,8)9/h2H,1,11H2,(H,12,16). The molecule has 0 radical (unpaired) electrons. The van der Waals surface area contributed by atoms with Gasteiger partial charge in [0.15, 0.2) is 0 Å². The minimum absolute atomic E-state index is 0.214. The lowest BCUT2D eigenvalue weighted by atomic mass is 10.6. The summed E-state index contributed by atoms with van der Waals surface area (Å²) >= 11 is 5.16. The predicted octanol–water partition coefficient (Wildman–Crippen LogP) is 0.393. The summed E-state index contributed by atoms with van der Waals surface area (Å²) < 4.78 is 47.9. The Morgan fingerprint density at radius 1 is 1.44 bits per heavy atom. The number of amides is 3. The minimum atomic E-state index is -5.41. The zero-order valence-electron chi connectivity index (χ0n) is 8.32. The van der Waals surface area contributed by atoms with E-state index in [-0.39, 0.29) is 5.01 Å². The molecule has 0 aliphatic carbocycles. The van der Waals surface area contributed by atoms with Gasteiger partial charge in [0.1, 0.15) is 5.50 Å². The van der Waals surface area contributed by atoms with Crippen molar-refractivity contribution in [1.29, 1.82) is 0 Å². The van der Waals surface area contributed by atoms with Crippen LogP contribution >= 0.6 is 11.6 Å². The van der Waals surface area contributed by atoms with Gasteiger partial charge >= 0.3 is 18.1 Å². The largest absolute Gasteiger partial charge is 0.473 e. The first-order valence-corrected chi connectivity index (χ1v) is 4.41. The van der Waals surface area contributed by atoms with Crippen molar-refractivity contribution in [2.75, 3.05) is 6.54 Å². The lowest BCUT2D eigenvalue weighted by Gasteiger charge is -2.19. The van der Waals surface area contributed by atoms with E-state index in [4.69, 9.17) is 17.3 Å². The first-order chi connectivity index (χ1) is 8.09. The van der Waals surface area contributed by atoms with E-state index in [0.29, 0.717) is 5.43 Å². The third kappa shape index (κ3) is 5.09. The lowest BCUT2D eigenvalue weighted by Crippen LogP contribution is -2.51. The minimum Gasteiger partial charge on any atom is -0.314 e. The highest BCUT2D eigenvalue weighted by Gasteiger charge is 2.41. The van der Waals surface area contributed by atoms with Gasteiger partial charge in [-0.2, -0.15) is 18.2 Å². The lowest BCUT2D eigenvalue weighted by molar-refractivity contribution is -0.183. The van der Waals surface area contributed by atoms with Crippen LogP contribution in [-0.4, -0.2) is 40.4 Å². The van der Waals surface area contributed by atoms with E-state index in [1.165, 1.54) is 0 Å². The molecule has 0 aromatic rings. The van der Waals surface area contributed by atoms with Crippen molar-refractivity contribution in [3.63, 3.8) is 0 Å². The Kier molecular flexibility index (Phi) is 5.71. The van der Waals surface area contributed by atoms with E-state index in [0.717, 1.165) is 0 Å². The number of hydrogen-bond acceptors (Lipinski definition) is 5. The molecule has 0 bridgehead atoms. The topological polar surface area (TPSA) is 108 Å². The average Bonchev–Trinajstić information content (AvgIpc) is 2.23. The third-order valence-electron chi connectivity index (χ3n) is 1.29. The zero-order chi connectivity index (χ0) is 14.5. The highest BCUT2D eigenvalue weighted by molar-refractivity contribution is 6.20. The van der Waals surface area contributed by atoms with E-state index < -0.39 is 35.4 Å². The number of nitrogens with one attached hydrogen (secondary N) is 1. The monoisotopic (exact) mass is 295 g/mol. The van der Waals surface area contributed by atoms with E-state index in [1.807, 2.05) is 5.29 Å². The Labute approximate surface area is 101 Å². The van der Waals surface area contributed by atoms with Crippen molar-refractivity contribution in [2.45, 2.75) is 11.7 Å². The van der Waals surface area contributed by atoms with Gasteiger partial charge in [0.25, 0.3) is 0 Å². The van der Waals surface area contributed by atoms with E-state index in [1.54, 1.807) is 0 Å². The van der Waals surface area contributed by atoms with Crippen molar-refractivity contribution >= 4 is 23.5 Å². The first kappa shape index (κ1) is 16.3. The number of halogens is 5.